The van der Waals surface area contributed by atoms with Gasteiger partial charge in [0.15, 0.2) is 0 Å². The predicted molar refractivity (Wildman–Crippen MR) is 82.5 cm³/mol. The minimum atomic E-state index is -3.93. The van der Waals surface area contributed by atoms with Crippen LogP contribution in [0.5, 0.6) is 5.75 Å². The van der Waals surface area contributed by atoms with E-state index in [1.165, 1.54) is 12.3 Å². The Kier molecular flexibility index (Phi) is 4.25. The maximum atomic E-state index is 12.3. The van der Waals surface area contributed by atoms with E-state index >= 15 is 0 Å². The second-order valence-electron chi connectivity index (χ2n) is 5.04. The molecule has 2 rings (SSSR count). The highest BCUT2D eigenvalue weighted by Gasteiger charge is 2.20. The smallest absolute Gasteiger partial charge is 0.340 e. The molecular weight excluding hydrogens is 310 g/mol. The summed E-state index contributed by atoms with van der Waals surface area (Å²) >= 11 is 5.81. The van der Waals surface area contributed by atoms with Crippen molar-refractivity contribution in [2.75, 3.05) is 0 Å². The Labute approximate surface area is 129 Å². The minimum Gasteiger partial charge on any atom is -0.378 e. The summed E-state index contributed by atoms with van der Waals surface area (Å²) in [4.78, 5) is 3.84. The van der Waals surface area contributed by atoms with Crippen LogP contribution in [-0.2, 0) is 10.1 Å². The summed E-state index contributed by atoms with van der Waals surface area (Å²) in [5, 5.41) is 0.275. The molecule has 0 unspecified atom stereocenters. The molecule has 0 saturated carbocycles. The Morgan fingerprint density at radius 3 is 2.10 bits per heavy atom. The van der Waals surface area contributed by atoms with Crippen molar-refractivity contribution in [3.05, 3.63) is 51.8 Å². The number of pyridine rings is 1. The van der Waals surface area contributed by atoms with Gasteiger partial charge in [-0.1, -0.05) is 29.3 Å². The SMILES string of the molecule is Cc1cc(C)c(OS(=O)(=O)c2cnc(Cl)c(C)c2)c(C)c1. The molecule has 6 heteroatoms. The first-order valence-corrected chi connectivity index (χ1v) is 8.14. The van der Waals surface area contributed by atoms with E-state index < -0.39 is 10.1 Å². The third-order valence-corrected chi connectivity index (χ3v) is 4.66. The standard InChI is InChI=1S/C15H16ClNO3S/c1-9-5-10(2)14(11(3)6-9)20-21(18,19)13-7-12(4)15(16)17-8-13/h5-8H,1-4H3. The number of aromatic nitrogens is 1. The Hall–Kier alpha value is -1.59. The van der Waals surface area contributed by atoms with Crippen LogP contribution in [0.4, 0.5) is 0 Å². The molecule has 112 valence electrons. The molecule has 0 fully saturated rings. The van der Waals surface area contributed by atoms with E-state index in [2.05, 4.69) is 4.98 Å². The van der Waals surface area contributed by atoms with Gasteiger partial charge < -0.3 is 4.18 Å². The third-order valence-electron chi connectivity index (χ3n) is 3.08. The fourth-order valence-electron chi connectivity index (χ4n) is 2.13. The summed E-state index contributed by atoms with van der Waals surface area (Å²) in [5.74, 6) is 0.355. The molecule has 4 nitrogen and oxygen atoms in total. The van der Waals surface area contributed by atoms with Crippen LogP contribution in [0.3, 0.4) is 0 Å². The number of benzene rings is 1. The van der Waals surface area contributed by atoms with Crippen LogP contribution in [0.25, 0.3) is 0 Å². The van der Waals surface area contributed by atoms with Crippen molar-refractivity contribution in [2.45, 2.75) is 32.6 Å². The maximum Gasteiger partial charge on any atom is 0.340 e. The molecule has 0 spiro atoms. The van der Waals surface area contributed by atoms with E-state index in [1.54, 1.807) is 6.92 Å². The van der Waals surface area contributed by atoms with Gasteiger partial charge in [0.25, 0.3) is 0 Å². The first-order chi connectivity index (χ1) is 9.70. The quantitative estimate of drug-likeness (QED) is 0.637. The van der Waals surface area contributed by atoms with Gasteiger partial charge in [-0.3, -0.25) is 0 Å². The normalized spacial score (nSPS) is 11.5. The number of nitrogens with zero attached hydrogens (tertiary/aromatic N) is 1. The molecule has 0 aliphatic heterocycles. The Balaban J connectivity index is 2.44. The highest BCUT2D eigenvalue weighted by Crippen LogP contribution is 2.28. The molecule has 0 N–H and O–H groups in total. The minimum absolute atomic E-state index is 0.0104. The van der Waals surface area contributed by atoms with Crippen molar-refractivity contribution < 1.29 is 12.6 Å². The zero-order valence-electron chi connectivity index (χ0n) is 12.3. The van der Waals surface area contributed by atoms with Gasteiger partial charge in [-0.05, 0) is 50.5 Å². The van der Waals surface area contributed by atoms with Crippen molar-refractivity contribution in [3.63, 3.8) is 0 Å². The maximum absolute atomic E-state index is 12.3. The van der Waals surface area contributed by atoms with Crippen LogP contribution in [-0.4, -0.2) is 13.4 Å². The van der Waals surface area contributed by atoms with Gasteiger partial charge in [0.2, 0.25) is 0 Å². The zero-order chi connectivity index (χ0) is 15.8. The fraction of sp³-hybridized carbons (Fsp3) is 0.267. The fourth-order valence-corrected chi connectivity index (χ4v) is 3.31. The first-order valence-electron chi connectivity index (χ1n) is 6.35. The molecule has 2 aromatic rings. The summed E-state index contributed by atoms with van der Waals surface area (Å²) in [6.07, 6.45) is 1.20. The molecular formula is C15H16ClNO3S. The second-order valence-corrected chi connectivity index (χ2v) is 6.95. The zero-order valence-corrected chi connectivity index (χ0v) is 13.8. The average molecular weight is 326 g/mol. The summed E-state index contributed by atoms with van der Waals surface area (Å²) in [7, 11) is -3.93. The second kappa shape index (κ2) is 5.66. The number of rotatable bonds is 3. The number of aryl methyl sites for hydroxylation is 4. The monoisotopic (exact) mass is 325 g/mol. The molecule has 0 radical (unpaired) electrons. The van der Waals surface area contributed by atoms with E-state index in [4.69, 9.17) is 15.8 Å². The lowest BCUT2D eigenvalue weighted by Gasteiger charge is -2.13. The van der Waals surface area contributed by atoms with E-state index in [0.29, 0.717) is 11.3 Å². The topological polar surface area (TPSA) is 56.3 Å². The lowest BCUT2D eigenvalue weighted by Crippen LogP contribution is -2.12. The molecule has 0 bridgehead atoms. The van der Waals surface area contributed by atoms with Gasteiger partial charge >= 0.3 is 10.1 Å². The summed E-state index contributed by atoms with van der Waals surface area (Å²) < 4.78 is 30.0. The molecule has 1 aromatic heterocycles. The Bertz CT molecular complexity index is 778. The average Bonchev–Trinajstić information content (AvgIpc) is 2.37. The molecule has 0 atom stereocenters. The lowest BCUT2D eigenvalue weighted by molar-refractivity contribution is 0.481. The van der Waals surface area contributed by atoms with Gasteiger partial charge in [-0.2, -0.15) is 8.42 Å². The highest BCUT2D eigenvalue weighted by atomic mass is 35.5. The van der Waals surface area contributed by atoms with E-state index in [1.807, 2.05) is 32.9 Å². The Morgan fingerprint density at radius 2 is 1.57 bits per heavy atom. The van der Waals surface area contributed by atoms with Gasteiger partial charge in [-0.15, -0.1) is 0 Å². The summed E-state index contributed by atoms with van der Waals surface area (Å²) in [5.41, 5.74) is 3.18. The van der Waals surface area contributed by atoms with Crippen molar-refractivity contribution in [1.82, 2.24) is 4.98 Å². The van der Waals surface area contributed by atoms with E-state index in [0.717, 1.165) is 16.7 Å². The van der Waals surface area contributed by atoms with Crippen LogP contribution in [0.1, 0.15) is 22.3 Å². The summed E-state index contributed by atoms with van der Waals surface area (Å²) in [6.45, 7) is 7.27. The van der Waals surface area contributed by atoms with E-state index in [9.17, 15) is 8.42 Å². The highest BCUT2D eigenvalue weighted by molar-refractivity contribution is 7.87. The Morgan fingerprint density at radius 1 is 1.00 bits per heavy atom. The predicted octanol–water partition coefficient (Wildman–Crippen LogP) is 3.74. The lowest BCUT2D eigenvalue weighted by atomic mass is 10.1. The molecule has 0 amide bonds. The number of hydrogen-bond donors (Lipinski definition) is 0. The molecule has 1 aromatic carbocycles. The van der Waals surface area contributed by atoms with Crippen LogP contribution in [0.15, 0.2) is 29.3 Å². The van der Waals surface area contributed by atoms with Crippen LogP contribution >= 0.6 is 11.6 Å². The molecule has 1 heterocycles. The van der Waals surface area contributed by atoms with Gasteiger partial charge in [-0.25, -0.2) is 4.98 Å². The van der Waals surface area contributed by atoms with Crippen molar-refractivity contribution in [2.24, 2.45) is 0 Å². The first kappa shape index (κ1) is 15.8. The molecule has 0 aliphatic carbocycles. The largest absolute Gasteiger partial charge is 0.378 e. The molecule has 21 heavy (non-hydrogen) atoms. The number of halogens is 1. The van der Waals surface area contributed by atoms with Crippen LogP contribution < -0.4 is 4.18 Å². The summed E-state index contributed by atoms with van der Waals surface area (Å²) in [6, 6.07) is 5.20. The van der Waals surface area contributed by atoms with E-state index in [-0.39, 0.29) is 10.0 Å². The number of hydrogen-bond acceptors (Lipinski definition) is 4. The van der Waals surface area contributed by atoms with Crippen LogP contribution in [0, 0.1) is 27.7 Å². The van der Waals surface area contributed by atoms with Gasteiger partial charge in [0.05, 0.1) is 6.20 Å². The molecule has 0 saturated heterocycles. The van der Waals surface area contributed by atoms with Crippen molar-refractivity contribution >= 4 is 21.7 Å². The van der Waals surface area contributed by atoms with Crippen LogP contribution in [0.2, 0.25) is 5.15 Å². The van der Waals surface area contributed by atoms with Gasteiger partial charge in [0.1, 0.15) is 15.8 Å². The van der Waals surface area contributed by atoms with Gasteiger partial charge in [0, 0.05) is 0 Å². The van der Waals surface area contributed by atoms with Crippen molar-refractivity contribution in [3.8, 4) is 5.75 Å². The third kappa shape index (κ3) is 3.36. The van der Waals surface area contributed by atoms with Crippen molar-refractivity contribution in [1.29, 1.82) is 0 Å². The molecule has 0 aliphatic rings.